The van der Waals surface area contributed by atoms with Gasteiger partial charge in [0.2, 0.25) is 5.58 Å². The zero-order valence-corrected chi connectivity index (χ0v) is 20.4. The lowest BCUT2D eigenvalue weighted by molar-refractivity contribution is -0.652. The van der Waals surface area contributed by atoms with E-state index in [1.54, 1.807) is 0 Å². The number of hydrogen-bond acceptors (Lipinski definition) is 2. The first-order chi connectivity index (χ1) is 17.1. The molecule has 1 aliphatic heterocycles. The number of nitrogens with zero attached hydrogens (tertiary/aromatic N) is 2. The molecule has 0 amide bonds. The van der Waals surface area contributed by atoms with Crippen molar-refractivity contribution < 1.29 is 8.98 Å². The van der Waals surface area contributed by atoms with Gasteiger partial charge in [0.15, 0.2) is 0 Å². The molecule has 2 heterocycles. The first kappa shape index (κ1) is 21.4. The van der Waals surface area contributed by atoms with Crippen LogP contribution in [0.15, 0.2) is 113 Å². The normalized spacial score (nSPS) is 18.8. The molecule has 4 aromatic carbocycles. The third-order valence-corrected chi connectivity index (χ3v) is 7.41. The van der Waals surface area contributed by atoms with Crippen molar-refractivity contribution in [2.75, 3.05) is 11.9 Å². The van der Waals surface area contributed by atoms with Crippen LogP contribution in [0.5, 0.6) is 0 Å². The van der Waals surface area contributed by atoms with Gasteiger partial charge in [-0.3, -0.25) is 0 Å². The Morgan fingerprint density at radius 3 is 2.46 bits per heavy atom. The molecule has 0 N–H and O–H groups in total. The minimum Gasteiger partial charge on any atom is -0.398 e. The molecule has 0 saturated heterocycles. The Morgan fingerprint density at radius 1 is 0.886 bits per heavy atom. The van der Waals surface area contributed by atoms with E-state index in [1.165, 1.54) is 33.3 Å². The van der Waals surface area contributed by atoms with Crippen LogP contribution >= 0.6 is 0 Å². The van der Waals surface area contributed by atoms with E-state index >= 15 is 0 Å². The van der Waals surface area contributed by atoms with Crippen LogP contribution in [0.25, 0.3) is 27.9 Å². The molecule has 5 aromatic rings. The Hall–Kier alpha value is -4.11. The van der Waals surface area contributed by atoms with Crippen molar-refractivity contribution >= 4 is 33.6 Å². The van der Waals surface area contributed by atoms with Gasteiger partial charge in [-0.1, -0.05) is 78.9 Å². The summed E-state index contributed by atoms with van der Waals surface area (Å²) in [4.78, 5) is 2.35. The molecule has 0 saturated carbocycles. The van der Waals surface area contributed by atoms with Gasteiger partial charge in [-0.05, 0) is 53.5 Å². The Bertz CT molecular complexity index is 1610. The third kappa shape index (κ3) is 3.47. The fourth-order valence-electron chi connectivity index (χ4n) is 5.71. The Labute approximate surface area is 206 Å². The van der Waals surface area contributed by atoms with Gasteiger partial charge in [-0.25, -0.2) is 0 Å². The summed E-state index contributed by atoms with van der Waals surface area (Å²) in [5.41, 5.74) is 7.10. The summed E-state index contributed by atoms with van der Waals surface area (Å²) in [6.07, 6.45) is 7.37. The van der Waals surface area contributed by atoms with E-state index in [4.69, 9.17) is 4.42 Å². The SMILES string of the molecule is CN1/C(=C/C=C/c2oc3ccccc3[n+]2C)C(C)(Cc2ccccc2)c2c1ccc1ccccc21. The van der Waals surface area contributed by atoms with E-state index < -0.39 is 0 Å². The molecule has 3 heteroatoms. The maximum absolute atomic E-state index is 6.09. The Morgan fingerprint density at radius 2 is 1.63 bits per heavy atom. The molecule has 0 bridgehead atoms. The molecular weight excluding hydrogens is 428 g/mol. The molecule has 1 atom stereocenters. The third-order valence-electron chi connectivity index (χ3n) is 7.41. The molecule has 0 aliphatic carbocycles. The minimum atomic E-state index is -0.174. The number of likely N-dealkylation sites (N-methyl/N-ethyl adjacent to an activating group) is 1. The predicted octanol–water partition coefficient (Wildman–Crippen LogP) is 6.96. The molecular formula is C32H29N2O+. The summed E-state index contributed by atoms with van der Waals surface area (Å²) in [6, 6.07) is 32.2. The first-order valence-electron chi connectivity index (χ1n) is 12.1. The van der Waals surface area contributed by atoms with E-state index in [0.717, 1.165) is 23.4 Å². The highest BCUT2D eigenvalue weighted by molar-refractivity contribution is 5.95. The van der Waals surface area contributed by atoms with Crippen LogP contribution in [-0.2, 0) is 18.9 Å². The van der Waals surface area contributed by atoms with Gasteiger partial charge in [-0.15, -0.1) is 0 Å². The van der Waals surface area contributed by atoms with Crippen LogP contribution in [0.1, 0.15) is 23.9 Å². The highest BCUT2D eigenvalue weighted by Crippen LogP contribution is 2.51. The van der Waals surface area contributed by atoms with Crippen LogP contribution in [0, 0.1) is 0 Å². The lowest BCUT2D eigenvalue weighted by Crippen LogP contribution is -2.29. The molecule has 1 aromatic heterocycles. The van der Waals surface area contributed by atoms with Gasteiger partial charge in [-0.2, -0.15) is 4.57 Å². The quantitative estimate of drug-likeness (QED) is 0.272. The number of hydrogen-bond donors (Lipinski definition) is 0. The number of oxazole rings is 1. The molecule has 0 fully saturated rings. The van der Waals surface area contributed by atoms with Crippen LogP contribution in [0.3, 0.4) is 0 Å². The minimum absolute atomic E-state index is 0.174. The summed E-state index contributed by atoms with van der Waals surface area (Å²) < 4.78 is 8.18. The number of aryl methyl sites for hydroxylation is 1. The number of anilines is 1. The number of allylic oxidation sites excluding steroid dienone is 3. The van der Waals surface area contributed by atoms with Gasteiger partial charge in [0.25, 0.3) is 5.52 Å². The van der Waals surface area contributed by atoms with Crippen molar-refractivity contribution in [3.63, 3.8) is 0 Å². The summed E-state index contributed by atoms with van der Waals surface area (Å²) in [5.74, 6) is 0.830. The van der Waals surface area contributed by atoms with E-state index in [1.807, 2.05) is 25.2 Å². The predicted molar refractivity (Wildman–Crippen MR) is 144 cm³/mol. The largest absolute Gasteiger partial charge is 0.398 e. The van der Waals surface area contributed by atoms with Crippen molar-refractivity contribution in [1.29, 1.82) is 0 Å². The average molecular weight is 458 g/mol. The zero-order valence-electron chi connectivity index (χ0n) is 20.4. The molecule has 6 rings (SSSR count). The fraction of sp³-hybridized carbons (Fsp3) is 0.156. The Balaban J connectivity index is 1.48. The van der Waals surface area contributed by atoms with Crippen LogP contribution in [0.2, 0.25) is 0 Å². The van der Waals surface area contributed by atoms with Crippen molar-refractivity contribution in [2.45, 2.75) is 18.8 Å². The highest BCUT2D eigenvalue weighted by atomic mass is 16.3. The van der Waals surface area contributed by atoms with Gasteiger partial charge >= 0.3 is 5.89 Å². The molecule has 0 spiro atoms. The van der Waals surface area contributed by atoms with Crippen molar-refractivity contribution in [2.24, 2.45) is 7.05 Å². The average Bonchev–Trinajstić information content (AvgIpc) is 3.31. The maximum atomic E-state index is 6.09. The summed E-state index contributed by atoms with van der Waals surface area (Å²) >= 11 is 0. The molecule has 35 heavy (non-hydrogen) atoms. The number of aromatic nitrogens is 1. The van der Waals surface area contributed by atoms with Gasteiger partial charge < -0.3 is 9.32 Å². The maximum Gasteiger partial charge on any atom is 0.373 e. The second-order valence-corrected chi connectivity index (χ2v) is 9.61. The van der Waals surface area contributed by atoms with Crippen molar-refractivity contribution in [1.82, 2.24) is 0 Å². The second-order valence-electron chi connectivity index (χ2n) is 9.61. The van der Waals surface area contributed by atoms with Crippen LogP contribution < -0.4 is 9.47 Å². The number of benzene rings is 4. The number of fused-ring (bicyclic) bond motifs is 4. The number of rotatable bonds is 4. The topological polar surface area (TPSA) is 20.3 Å². The van der Waals surface area contributed by atoms with Crippen LogP contribution in [0.4, 0.5) is 5.69 Å². The zero-order chi connectivity index (χ0) is 24.0. The van der Waals surface area contributed by atoms with Crippen LogP contribution in [-0.4, -0.2) is 7.05 Å². The second kappa shape index (κ2) is 8.28. The number of para-hydroxylation sites is 2. The molecule has 3 nitrogen and oxygen atoms in total. The lowest BCUT2D eigenvalue weighted by Gasteiger charge is -2.29. The Kier molecular flexibility index (Phi) is 5.07. The molecule has 0 radical (unpaired) electrons. The summed E-state index contributed by atoms with van der Waals surface area (Å²) in [5, 5.41) is 2.61. The van der Waals surface area contributed by atoms with Gasteiger partial charge in [0, 0.05) is 29.9 Å². The van der Waals surface area contributed by atoms with E-state index in [2.05, 4.69) is 114 Å². The van der Waals surface area contributed by atoms with Crippen molar-refractivity contribution in [3.05, 3.63) is 126 Å². The lowest BCUT2D eigenvalue weighted by atomic mass is 9.74. The standard InChI is InChI=1S/C32H29N2O/c1-32(22-23-12-5-4-6-13-23)29(18-11-19-30-34(3)26-16-9-10-17-28(26)35-30)33(2)27-21-20-24-14-7-8-15-25(24)31(27)32/h4-21H,22H2,1-3H3/q+1. The summed E-state index contributed by atoms with van der Waals surface area (Å²) in [7, 11) is 4.23. The highest BCUT2D eigenvalue weighted by Gasteiger charge is 2.43. The first-order valence-corrected chi connectivity index (χ1v) is 12.1. The van der Waals surface area contributed by atoms with Gasteiger partial charge in [0.1, 0.15) is 7.05 Å². The summed E-state index contributed by atoms with van der Waals surface area (Å²) in [6.45, 7) is 2.38. The fourth-order valence-corrected chi connectivity index (χ4v) is 5.71. The van der Waals surface area contributed by atoms with E-state index in [0.29, 0.717) is 0 Å². The molecule has 1 aliphatic rings. The van der Waals surface area contributed by atoms with Crippen molar-refractivity contribution in [3.8, 4) is 0 Å². The molecule has 1 unspecified atom stereocenters. The van der Waals surface area contributed by atoms with E-state index in [9.17, 15) is 0 Å². The smallest absolute Gasteiger partial charge is 0.373 e. The van der Waals surface area contributed by atoms with E-state index in [-0.39, 0.29) is 5.41 Å². The molecule has 172 valence electrons. The van der Waals surface area contributed by atoms with Gasteiger partial charge in [0.05, 0.1) is 6.08 Å². The monoisotopic (exact) mass is 457 g/mol.